The van der Waals surface area contributed by atoms with Gasteiger partial charge in [0.05, 0.1) is 31.8 Å². The average Bonchev–Trinajstić information content (AvgIpc) is 2.36. The summed E-state index contributed by atoms with van der Waals surface area (Å²) in [7, 11) is 1.43. The molecule has 1 atom stereocenters. The molecule has 5 heteroatoms. The van der Waals surface area contributed by atoms with Gasteiger partial charge in [-0.3, -0.25) is 4.79 Å². The lowest BCUT2D eigenvalue weighted by atomic mass is 9.97. The Morgan fingerprint density at radius 1 is 1.39 bits per heavy atom. The fourth-order valence-electron chi connectivity index (χ4n) is 2.17. The van der Waals surface area contributed by atoms with Crippen molar-refractivity contribution in [1.29, 1.82) is 0 Å². The van der Waals surface area contributed by atoms with Crippen LogP contribution in [0.1, 0.15) is 26.7 Å². The van der Waals surface area contributed by atoms with Gasteiger partial charge in [-0.15, -0.1) is 0 Å². The first kappa shape index (κ1) is 15.4. The first-order chi connectivity index (χ1) is 8.52. The van der Waals surface area contributed by atoms with Gasteiger partial charge in [0.25, 0.3) is 0 Å². The largest absolute Gasteiger partial charge is 0.469 e. The molecule has 1 aliphatic rings. The number of piperidine rings is 1. The van der Waals surface area contributed by atoms with Crippen molar-refractivity contribution in [2.75, 3.05) is 33.4 Å². The Balaban J connectivity index is 2.20. The summed E-state index contributed by atoms with van der Waals surface area (Å²) in [5, 5.41) is 9.81. The molecule has 0 aliphatic carbocycles. The molecular weight excluding hydrogens is 234 g/mol. The summed E-state index contributed by atoms with van der Waals surface area (Å²) >= 11 is 0. The van der Waals surface area contributed by atoms with Crippen LogP contribution in [0.15, 0.2) is 0 Å². The second kappa shape index (κ2) is 7.71. The monoisotopic (exact) mass is 259 g/mol. The van der Waals surface area contributed by atoms with Gasteiger partial charge in [0.1, 0.15) is 0 Å². The highest BCUT2D eigenvalue weighted by Crippen LogP contribution is 2.18. The zero-order chi connectivity index (χ0) is 13.5. The number of methoxy groups -OCH3 is 1. The normalized spacial score (nSPS) is 20.1. The van der Waals surface area contributed by atoms with Crippen LogP contribution in [0.3, 0.4) is 0 Å². The lowest BCUT2D eigenvalue weighted by Gasteiger charge is -2.32. The fourth-order valence-corrected chi connectivity index (χ4v) is 2.17. The van der Waals surface area contributed by atoms with Crippen LogP contribution in [-0.2, 0) is 14.3 Å². The Labute approximate surface area is 109 Å². The number of aliphatic hydroxyl groups excluding tert-OH is 1. The minimum atomic E-state index is -0.456. The van der Waals surface area contributed by atoms with E-state index in [1.807, 2.05) is 13.8 Å². The molecular formula is C13H25NO4. The minimum Gasteiger partial charge on any atom is -0.469 e. The van der Waals surface area contributed by atoms with Crippen molar-refractivity contribution in [3.05, 3.63) is 0 Å². The van der Waals surface area contributed by atoms with Crippen molar-refractivity contribution in [2.24, 2.45) is 5.92 Å². The summed E-state index contributed by atoms with van der Waals surface area (Å²) in [4.78, 5) is 13.5. The Hall–Kier alpha value is -0.650. The van der Waals surface area contributed by atoms with Crippen LogP contribution in [0.5, 0.6) is 0 Å². The molecule has 0 aromatic carbocycles. The van der Waals surface area contributed by atoms with E-state index in [0.29, 0.717) is 13.2 Å². The average molecular weight is 259 g/mol. The zero-order valence-corrected chi connectivity index (χ0v) is 11.6. The first-order valence-corrected chi connectivity index (χ1v) is 6.62. The maximum atomic E-state index is 11.4. The third kappa shape index (κ3) is 5.33. The van der Waals surface area contributed by atoms with Crippen molar-refractivity contribution in [3.63, 3.8) is 0 Å². The van der Waals surface area contributed by atoms with E-state index in [-0.39, 0.29) is 18.0 Å². The van der Waals surface area contributed by atoms with Crippen LogP contribution in [0.25, 0.3) is 0 Å². The lowest BCUT2D eigenvalue weighted by molar-refractivity contribution is -0.147. The second-order valence-electron chi connectivity index (χ2n) is 5.13. The van der Waals surface area contributed by atoms with Crippen LogP contribution < -0.4 is 0 Å². The van der Waals surface area contributed by atoms with Crippen LogP contribution in [-0.4, -0.2) is 61.5 Å². The van der Waals surface area contributed by atoms with E-state index in [4.69, 9.17) is 9.47 Å². The summed E-state index contributed by atoms with van der Waals surface area (Å²) in [5.74, 6) is -0.0892. The van der Waals surface area contributed by atoms with E-state index in [2.05, 4.69) is 4.90 Å². The number of rotatable bonds is 6. The maximum Gasteiger partial charge on any atom is 0.308 e. The Morgan fingerprint density at radius 2 is 2.00 bits per heavy atom. The summed E-state index contributed by atoms with van der Waals surface area (Å²) in [5.41, 5.74) is 0. The Kier molecular flexibility index (Phi) is 6.60. The van der Waals surface area contributed by atoms with E-state index in [0.717, 1.165) is 25.9 Å². The number of carbonyl (C=O) groups excluding carboxylic acids is 1. The molecule has 1 N–H and O–H groups in total. The summed E-state index contributed by atoms with van der Waals surface area (Å²) in [6.45, 7) is 6.55. The van der Waals surface area contributed by atoms with Gasteiger partial charge in [0, 0.05) is 6.54 Å². The van der Waals surface area contributed by atoms with E-state index in [1.54, 1.807) is 0 Å². The molecule has 1 saturated heterocycles. The number of β-amino-alcohol motifs (C(OH)–C–C–N with tert-alkyl or cyclic N) is 1. The van der Waals surface area contributed by atoms with Gasteiger partial charge in [-0.05, 0) is 39.8 Å². The molecule has 0 bridgehead atoms. The standard InChI is InChI=1S/C13H25NO4/c1-10(2)18-9-12(15)8-14-6-4-11(5-7-14)13(16)17-3/h10-12,15H,4-9H2,1-3H3. The topological polar surface area (TPSA) is 59.0 Å². The fraction of sp³-hybridized carbons (Fsp3) is 0.923. The molecule has 1 heterocycles. The molecule has 0 aromatic heterocycles. The van der Waals surface area contributed by atoms with Crippen LogP contribution >= 0.6 is 0 Å². The quantitative estimate of drug-likeness (QED) is 0.710. The zero-order valence-electron chi connectivity index (χ0n) is 11.6. The van der Waals surface area contributed by atoms with Gasteiger partial charge in [-0.1, -0.05) is 0 Å². The minimum absolute atomic E-state index is 0.0234. The second-order valence-corrected chi connectivity index (χ2v) is 5.13. The molecule has 18 heavy (non-hydrogen) atoms. The first-order valence-electron chi connectivity index (χ1n) is 6.62. The van der Waals surface area contributed by atoms with E-state index in [1.165, 1.54) is 7.11 Å². The number of esters is 1. The molecule has 5 nitrogen and oxygen atoms in total. The van der Waals surface area contributed by atoms with Gasteiger partial charge < -0.3 is 19.5 Å². The maximum absolute atomic E-state index is 11.4. The summed E-state index contributed by atoms with van der Waals surface area (Å²) in [6, 6.07) is 0. The summed E-state index contributed by atoms with van der Waals surface area (Å²) < 4.78 is 10.1. The lowest BCUT2D eigenvalue weighted by Crippen LogP contribution is -2.42. The van der Waals surface area contributed by atoms with Crippen molar-refractivity contribution in [3.8, 4) is 0 Å². The van der Waals surface area contributed by atoms with Gasteiger partial charge in [-0.25, -0.2) is 0 Å². The van der Waals surface area contributed by atoms with E-state index < -0.39 is 6.10 Å². The molecule has 0 saturated carbocycles. The number of hydrogen-bond acceptors (Lipinski definition) is 5. The third-order valence-corrected chi connectivity index (χ3v) is 3.21. The van der Waals surface area contributed by atoms with Crippen molar-refractivity contribution >= 4 is 5.97 Å². The highest BCUT2D eigenvalue weighted by molar-refractivity contribution is 5.72. The molecule has 1 unspecified atom stereocenters. The van der Waals surface area contributed by atoms with Crippen molar-refractivity contribution in [2.45, 2.75) is 38.9 Å². The molecule has 0 amide bonds. The van der Waals surface area contributed by atoms with Gasteiger partial charge in [0.15, 0.2) is 0 Å². The number of hydrogen-bond donors (Lipinski definition) is 1. The summed E-state index contributed by atoms with van der Waals surface area (Å²) in [6.07, 6.45) is 1.31. The van der Waals surface area contributed by atoms with Crippen molar-refractivity contribution < 1.29 is 19.4 Å². The number of ether oxygens (including phenoxy) is 2. The van der Waals surface area contributed by atoms with Crippen LogP contribution in [0, 0.1) is 5.92 Å². The van der Waals surface area contributed by atoms with Crippen molar-refractivity contribution in [1.82, 2.24) is 4.90 Å². The SMILES string of the molecule is COC(=O)C1CCN(CC(O)COC(C)C)CC1. The Morgan fingerprint density at radius 3 is 2.50 bits per heavy atom. The van der Waals surface area contributed by atoms with Gasteiger partial charge in [0.2, 0.25) is 0 Å². The van der Waals surface area contributed by atoms with E-state index >= 15 is 0 Å². The smallest absolute Gasteiger partial charge is 0.308 e. The van der Waals surface area contributed by atoms with Crippen LogP contribution in [0.4, 0.5) is 0 Å². The predicted octanol–water partition coefficient (Wildman–Crippen LogP) is 0.657. The number of nitrogens with zero attached hydrogens (tertiary/aromatic N) is 1. The highest BCUT2D eigenvalue weighted by atomic mass is 16.5. The highest BCUT2D eigenvalue weighted by Gasteiger charge is 2.26. The molecule has 106 valence electrons. The Bertz CT molecular complexity index is 249. The predicted molar refractivity (Wildman–Crippen MR) is 68.3 cm³/mol. The van der Waals surface area contributed by atoms with Gasteiger partial charge in [-0.2, -0.15) is 0 Å². The van der Waals surface area contributed by atoms with E-state index in [9.17, 15) is 9.90 Å². The van der Waals surface area contributed by atoms with Crippen LogP contribution in [0.2, 0.25) is 0 Å². The molecule has 1 aliphatic heterocycles. The number of likely N-dealkylation sites (tertiary alicyclic amines) is 1. The molecule has 0 aromatic rings. The number of carbonyl (C=O) groups is 1. The molecule has 1 rings (SSSR count). The number of aliphatic hydroxyl groups is 1. The van der Waals surface area contributed by atoms with Gasteiger partial charge >= 0.3 is 5.97 Å². The molecule has 0 spiro atoms. The molecule has 1 fully saturated rings. The third-order valence-electron chi connectivity index (χ3n) is 3.21. The molecule has 0 radical (unpaired) electrons.